The van der Waals surface area contributed by atoms with Crippen molar-refractivity contribution in [2.75, 3.05) is 18.6 Å². The summed E-state index contributed by atoms with van der Waals surface area (Å²) in [5.41, 5.74) is 0. The predicted molar refractivity (Wildman–Crippen MR) is 79.5 cm³/mol. The largest absolute Gasteiger partial charge is 0.482 e. The Morgan fingerprint density at radius 1 is 1.52 bits per heavy atom. The molecule has 0 fully saturated rings. The van der Waals surface area contributed by atoms with Crippen molar-refractivity contribution in [1.29, 1.82) is 0 Å². The predicted octanol–water partition coefficient (Wildman–Crippen LogP) is 2.18. The Labute approximate surface area is 130 Å². The van der Waals surface area contributed by atoms with Gasteiger partial charge < -0.3 is 15.2 Å². The minimum atomic E-state index is -1.10. The maximum Gasteiger partial charge on any atom is 0.326 e. The molecule has 0 bridgehead atoms. The molecule has 1 rings (SSSR count). The Bertz CT molecular complexity index is 515. The molecule has 21 heavy (non-hydrogen) atoms. The van der Waals surface area contributed by atoms with Crippen LogP contribution in [0.4, 0.5) is 4.39 Å². The number of nitrogens with one attached hydrogen (secondary N) is 1. The number of hydrogen-bond acceptors (Lipinski definition) is 4. The third kappa shape index (κ3) is 6.22. The van der Waals surface area contributed by atoms with E-state index < -0.39 is 30.3 Å². The Morgan fingerprint density at radius 2 is 2.24 bits per heavy atom. The van der Waals surface area contributed by atoms with Gasteiger partial charge in [0, 0.05) is 0 Å². The van der Waals surface area contributed by atoms with E-state index in [0.717, 1.165) is 12.1 Å². The van der Waals surface area contributed by atoms with Crippen LogP contribution in [0.1, 0.15) is 6.42 Å². The number of carbonyl (C=O) groups is 2. The van der Waals surface area contributed by atoms with Gasteiger partial charge in [0.2, 0.25) is 0 Å². The van der Waals surface area contributed by atoms with Gasteiger partial charge in [-0.25, -0.2) is 9.18 Å². The number of rotatable bonds is 8. The topological polar surface area (TPSA) is 75.6 Å². The molecule has 0 saturated heterocycles. The zero-order chi connectivity index (χ0) is 15.8. The van der Waals surface area contributed by atoms with Gasteiger partial charge in [0.05, 0.1) is 5.02 Å². The fourth-order valence-corrected chi connectivity index (χ4v) is 2.16. The molecule has 0 spiro atoms. The third-order valence-corrected chi connectivity index (χ3v) is 3.44. The normalized spacial score (nSPS) is 11.8. The van der Waals surface area contributed by atoms with E-state index in [0.29, 0.717) is 12.2 Å². The van der Waals surface area contributed by atoms with Gasteiger partial charge in [0.25, 0.3) is 5.91 Å². The lowest BCUT2D eigenvalue weighted by Crippen LogP contribution is -2.43. The molecule has 1 amide bonds. The van der Waals surface area contributed by atoms with Gasteiger partial charge in [0.1, 0.15) is 17.6 Å². The summed E-state index contributed by atoms with van der Waals surface area (Å²) in [6, 6.07) is 2.55. The highest BCUT2D eigenvalue weighted by Gasteiger charge is 2.19. The minimum Gasteiger partial charge on any atom is -0.482 e. The quantitative estimate of drug-likeness (QED) is 0.761. The van der Waals surface area contributed by atoms with Gasteiger partial charge in [-0.3, -0.25) is 4.79 Å². The van der Waals surface area contributed by atoms with Gasteiger partial charge in [-0.05, 0) is 36.6 Å². The Kier molecular flexibility index (Phi) is 7.31. The number of carboxylic acids is 1. The highest BCUT2D eigenvalue weighted by Crippen LogP contribution is 2.24. The summed E-state index contributed by atoms with van der Waals surface area (Å²) < 4.78 is 18.0. The molecule has 0 saturated carbocycles. The number of carbonyl (C=O) groups excluding carboxylic acids is 1. The maximum atomic E-state index is 12.8. The number of amides is 1. The number of ether oxygens (including phenoxy) is 1. The number of hydrogen-bond donors (Lipinski definition) is 2. The molecule has 0 heterocycles. The molecule has 0 aliphatic rings. The van der Waals surface area contributed by atoms with Crippen LogP contribution < -0.4 is 10.1 Å². The van der Waals surface area contributed by atoms with Crippen molar-refractivity contribution in [3.63, 3.8) is 0 Å². The van der Waals surface area contributed by atoms with E-state index in [4.69, 9.17) is 21.4 Å². The van der Waals surface area contributed by atoms with Crippen molar-refractivity contribution in [1.82, 2.24) is 5.32 Å². The van der Waals surface area contributed by atoms with E-state index in [1.807, 2.05) is 6.26 Å². The maximum absolute atomic E-state index is 12.8. The van der Waals surface area contributed by atoms with E-state index in [2.05, 4.69) is 5.32 Å². The molecule has 1 atom stereocenters. The van der Waals surface area contributed by atoms with E-state index in [1.54, 1.807) is 0 Å². The molecule has 2 N–H and O–H groups in total. The summed E-state index contributed by atoms with van der Waals surface area (Å²) in [7, 11) is 0. The summed E-state index contributed by atoms with van der Waals surface area (Å²) in [5.74, 6) is -1.42. The van der Waals surface area contributed by atoms with Gasteiger partial charge in [-0.2, -0.15) is 11.8 Å². The summed E-state index contributed by atoms with van der Waals surface area (Å²) >= 11 is 7.23. The van der Waals surface area contributed by atoms with Crippen LogP contribution in [0.25, 0.3) is 0 Å². The fraction of sp³-hybridized carbons (Fsp3) is 0.385. The number of thioether (sulfide) groups is 1. The van der Waals surface area contributed by atoms with Crippen LogP contribution in [-0.2, 0) is 9.59 Å². The van der Waals surface area contributed by atoms with Crippen LogP contribution in [0.3, 0.4) is 0 Å². The molecule has 0 aliphatic carbocycles. The molecule has 0 unspecified atom stereocenters. The second-order valence-corrected chi connectivity index (χ2v) is 5.50. The van der Waals surface area contributed by atoms with E-state index in [1.165, 1.54) is 17.8 Å². The van der Waals surface area contributed by atoms with Crippen molar-refractivity contribution in [2.24, 2.45) is 0 Å². The highest BCUT2D eigenvalue weighted by atomic mass is 35.5. The lowest BCUT2D eigenvalue weighted by Gasteiger charge is -2.14. The monoisotopic (exact) mass is 335 g/mol. The Balaban J connectivity index is 2.50. The van der Waals surface area contributed by atoms with Crippen LogP contribution in [0, 0.1) is 5.82 Å². The first-order valence-corrected chi connectivity index (χ1v) is 7.80. The lowest BCUT2D eigenvalue weighted by molar-refractivity contribution is -0.142. The van der Waals surface area contributed by atoms with E-state index >= 15 is 0 Å². The molecule has 8 heteroatoms. The standard InChI is InChI=1S/C13H15ClFNO4S/c1-21-5-4-10(13(18)19)16-12(17)7-20-11-3-2-8(15)6-9(11)14/h2-3,6,10H,4-5,7H2,1H3,(H,16,17)(H,18,19)/t10-/m1/s1. The second kappa shape index (κ2) is 8.74. The summed E-state index contributed by atoms with van der Waals surface area (Å²) in [6.45, 7) is -0.394. The number of benzene rings is 1. The van der Waals surface area contributed by atoms with Crippen molar-refractivity contribution in [3.8, 4) is 5.75 Å². The average molecular weight is 336 g/mol. The SMILES string of the molecule is CSCC[C@@H](NC(=O)COc1ccc(F)cc1Cl)C(=O)O. The van der Waals surface area contributed by atoms with E-state index in [-0.39, 0.29) is 10.8 Å². The smallest absolute Gasteiger partial charge is 0.326 e. The van der Waals surface area contributed by atoms with Gasteiger partial charge >= 0.3 is 5.97 Å². The zero-order valence-corrected chi connectivity index (χ0v) is 12.8. The molecule has 1 aromatic rings. The summed E-state index contributed by atoms with van der Waals surface area (Å²) in [5, 5.41) is 11.4. The Morgan fingerprint density at radius 3 is 2.81 bits per heavy atom. The molecular formula is C13H15ClFNO4S. The van der Waals surface area contributed by atoms with Crippen molar-refractivity contribution >= 4 is 35.2 Å². The van der Waals surface area contributed by atoms with Gasteiger partial charge in [0.15, 0.2) is 6.61 Å². The first kappa shape index (κ1) is 17.6. The lowest BCUT2D eigenvalue weighted by atomic mass is 10.2. The second-order valence-electron chi connectivity index (χ2n) is 4.10. The van der Waals surface area contributed by atoms with Gasteiger partial charge in [-0.15, -0.1) is 0 Å². The minimum absolute atomic E-state index is 0.0416. The van der Waals surface area contributed by atoms with Gasteiger partial charge in [-0.1, -0.05) is 11.6 Å². The van der Waals surface area contributed by atoms with Crippen LogP contribution in [-0.4, -0.2) is 41.6 Å². The first-order chi connectivity index (χ1) is 9.93. The number of carboxylic acid groups (broad SMARTS) is 1. The van der Waals surface area contributed by atoms with Crippen LogP contribution >= 0.6 is 23.4 Å². The van der Waals surface area contributed by atoms with Crippen molar-refractivity contribution in [2.45, 2.75) is 12.5 Å². The average Bonchev–Trinajstić information content (AvgIpc) is 2.42. The molecule has 116 valence electrons. The molecule has 0 aromatic heterocycles. The van der Waals surface area contributed by atoms with Crippen molar-refractivity contribution < 1.29 is 23.8 Å². The van der Waals surface area contributed by atoms with E-state index in [9.17, 15) is 14.0 Å². The molecule has 5 nitrogen and oxygen atoms in total. The Hall–Kier alpha value is -1.47. The zero-order valence-electron chi connectivity index (χ0n) is 11.3. The van der Waals surface area contributed by atoms with Crippen LogP contribution in [0.15, 0.2) is 18.2 Å². The van der Waals surface area contributed by atoms with Crippen LogP contribution in [0.5, 0.6) is 5.75 Å². The summed E-state index contributed by atoms with van der Waals surface area (Å²) in [6.07, 6.45) is 2.17. The molecule has 0 radical (unpaired) electrons. The number of halogens is 2. The molecular weight excluding hydrogens is 321 g/mol. The molecule has 0 aliphatic heterocycles. The van der Waals surface area contributed by atoms with Crippen LogP contribution in [0.2, 0.25) is 5.02 Å². The van der Waals surface area contributed by atoms with Crippen molar-refractivity contribution in [3.05, 3.63) is 29.0 Å². The summed E-state index contributed by atoms with van der Waals surface area (Å²) in [4.78, 5) is 22.6. The fourth-order valence-electron chi connectivity index (χ4n) is 1.46. The first-order valence-electron chi connectivity index (χ1n) is 6.03. The number of aliphatic carboxylic acids is 1. The highest BCUT2D eigenvalue weighted by molar-refractivity contribution is 7.98. The third-order valence-electron chi connectivity index (χ3n) is 2.50. The molecule has 1 aromatic carbocycles.